The Morgan fingerprint density at radius 2 is 2.29 bits per heavy atom. The lowest BCUT2D eigenvalue weighted by Crippen LogP contribution is -2.21. The third kappa shape index (κ3) is 3.47. The molecule has 0 bridgehead atoms. The Hall–Kier alpha value is -0.870. The highest BCUT2D eigenvalue weighted by molar-refractivity contribution is 5.67. The fourth-order valence-electron chi connectivity index (χ4n) is 1.36. The zero-order valence-electron chi connectivity index (χ0n) is 8.83. The first kappa shape index (κ1) is 11.2. The molecule has 0 saturated carbocycles. The number of hydrogen-bond donors (Lipinski definition) is 0. The number of ether oxygens (including phenoxy) is 3. The van der Waals surface area contributed by atoms with Crippen LogP contribution >= 0.6 is 0 Å². The summed E-state index contributed by atoms with van der Waals surface area (Å²) >= 11 is 0. The topological polar surface area (TPSA) is 44.8 Å². The molecule has 0 aromatic heterocycles. The van der Waals surface area contributed by atoms with Crippen LogP contribution in [0.2, 0.25) is 0 Å². The van der Waals surface area contributed by atoms with Crippen LogP contribution in [0, 0.1) is 0 Å². The normalized spacial score (nSPS) is 24.6. The van der Waals surface area contributed by atoms with Crippen molar-refractivity contribution in [3.63, 3.8) is 0 Å². The average molecular weight is 200 g/mol. The third-order valence-corrected chi connectivity index (χ3v) is 1.81. The summed E-state index contributed by atoms with van der Waals surface area (Å²) in [6.45, 7) is 9.18. The lowest BCUT2D eigenvalue weighted by molar-refractivity contribution is -0.141. The first-order valence-corrected chi connectivity index (χ1v) is 4.57. The quantitative estimate of drug-likeness (QED) is 0.513. The SMILES string of the molecule is C=C(CC1COC(C)(C)O1)OC(C)=O. The van der Waals surface area contributed by atoms with Crippen molar-refractivity contribution in [1.82, 2.24) is 0 Å². The average Bonchev–Trinajstić information content (AvgIpc) is 2.27. The monoisotopic (exact) mass is 200 g/mol. The van der Waals surface area contributed by atoms with Gasteiger partial charge in [-0.3, -0.25) is 4.79 Å². The number of hydrogen-bond acceptors (Lipinski definition) is 4. The molecule has 0 spiro atoms. The highest BCUT2D eigenvalue weighted by Crippen LogP contribution is 2.25. The van der Waals surface area contributed by atoms with Gasteiger partial charge in [-0.25, -0.2) is 0 Å². The van der Waals surface area contributed by atoms with E-state index in [0.717, 1.165) is 0 Å². The van der Waals surface area contributed by atoms with Crippen LogP contribution in [-0.2, 0) is 19.0 Å². The zero-order chi connectivity index (χ0) is 10.8. The molecule has 0 N–H and O–H groups in total. The van der Waals surface area contributed by atoms with Crippen LogP contribution in [0.1, 0.15) is 27.2 Å². The fourth-order valence-corrected chi connectivity index (χ4v) is 1.36. The Balaban J connectivity index is 2.32. The van der Waals surface area contributed by atoms with Crippen molar-refractivity contribution in [1.29, 1.82) is 0 Å². The predicted octanol–water partition coefficient (Wildman–Crippen LogP) is 1.60. The standard InChI is InChI=1S/C10H16O4/c1-7(13-8(2)11)5-9-6-12-10(3,4)14-9/h9H,1,5-6H2,2-4H3. The molecule has 1 heterocycles. The van der Waals surface area contributed by atoms with Crippen molar-refractivity contribution in [2.45, 2.75) is 39.1 Å². The van der Waals surface area contributed by atoms with E-state index in [-0.39, 0.29) is 12.1 Å². The molecule has 1 saturated heterocycles. The van der Waals surface area contributed by atoms with Crippen LogP contribution in [0.25, 0.3) is 0 Å². The predicted molar refractivity (Wildman–Crippen MR) is 50.4 cm³/mol. The molecule has 14 heavy (non-hydrogen) atoms. The smallest absolute Gasteiger partial charge is 0.307 e. The van der Waals surface area contributed by atoms with E-state index in [1.165, 1.54) is 6.92 Å². The van der Waals surface area contributed by atoms with Gasteiger partial charge in [0.1, 0.15) is 5.76 Å². The third-order valence-electron chi connectivity index (χ3n) is 1.81. The molecule has 0 radical (unpaired) electrons. The maximum Gasteiger partial charge on any atom is 0.307 e. The van der Waals surface area contributed by atoms with Gasteiger partial charge in [-0.2, -0.15) is 0 Å². The van der Waals surface area contributed by atoms with Gasteiger partial charge >= 0.3 is 5.97 Å². The summed E-state index contributed by atoms with van der Waals surface area (Å²) in [5.74, 6) is -0.474. The highest BCUT2D eigenvalue weighted by atomic mass is 16.7. The Labute approximate surface area is 83.8 Å². The number of carbonyl (C=O) groups is 1. The molecule has 0 aromatic rings. The first-order valence-electron chi connectivity index (χ1n) is 4.57. The molecule has 1 rings (SSSR count). The second kappa shape index (κ2) is 4.11. The summed E-state index contributed by atoms with van der Waals surface area (Å²) < 4.78 is 15.7. The van der Waals surface area contributed by atoms with Gasteiger partial charge < -0.3 is 14.2 Å². The fraction of sp³-hybridized carbons (Fsp3) is 0.700. The molecule has 4 heteroatoms. The lowest BCUT2D eigenvalue weighted by Gasteiger charge is -2.17. The summed E-state index contributed by atoms with van der Waals surface area (Å²) in [5.41, 5.74) is 0. The van der Waals surface area contributed by atoms with Crippen LogP contribution in [0.5, 0.6) is 0 Å². The van der Waals surface area contributed by atoms with E-state index >= 15 is 0 Å². The molecule has 4 nitrogen and oxygen atoms in total. The van der Waals surface area contributed by atoms with Crippen molar-refractivity contribution in [2.75, 3.05) is 6.61 Å². The Bertz CT molecular complexity index is 245. The largest absolute Gasteiger partial charge is 0.432 e. The van der Waals surface area contributed by atoms with Gasteiger partial charge in [-0.1, -0.05) is 6.58 Å². The summed E-state index contributed by atoms with van der Waals surface area (Å²) in [5, 5.41) is 0. The number of rotatable bonds is 3. The van der Waals surface area contributed by atoms with Gasteiger partial charge in [-0.05, 0) is 13.8 Å². The molecule has 1 atom stereocenters. The minimum Gasteiger partial charge on any atom is -0.432 e. The van der Waals surface area contributed by atoms with Gasteiger partial charge in [-0.15, -0.1) is 0 Å². The molecule has 1 aliphatic heterocycles. The summed E-state index contributed by atoms with van der Waals surface area (Å²) in [6.07, 6.45) is 0.417. The van der Waals surface area contributed by atoms with E-state index in [1.54, 1.807) is 0 Å². The number of carbonyl (C=O) groups excluding carboxylic acids is 1. The first-order chi connectivity index (χ1) is 6.39. The molecular formula is C10H16O4. The lowest BCUT2D eigenvalue weighted by atomic mass is 10.2. The Morgan fingerprint density at radius 3 is 2.71 bits per heavy atom. The molecule has 1 aliphatic rings. The van der Waals surface area contributed by atoms with Gasteiger partial charge in [0.25, 0.3) is 0 Å². The van der Waals surface area contributed by atoms with E-state index in [4.69, 9.17) is 14.2 Å². The molecule has 1 fully saturated rings. The van der Waals surface area contributed by atoms with Gasteiger partial charge in [0.15, 0.2) is 5.79 Å². The zero-order valence-corrected chi connectivity index (χ0v) is 8.83. The van der Waals surface area contributed by atoms with E-state index < -0.39 is 5.79 Å². The Kier molecular flexibility index (Phi) is 3.29. The van der Waals surface area contributed by atoms with Crippen molar-refractivity contribution in [3.8, 4) is 0 Å². The van der Waals surface area contributed by atoms with E-state index in [9.17, 15) is 4.79 Å². The van der Waals surface area contributed by atoms with Crippen LogP contribution in [0.4, 0.5) is 0 Å². The summed E-state index contributed by atoms with van der Waals surface area (Å²) in [4.78, 5) is 10.6. The number of esters is 1. The molecule has 1 unspecified atom stereocenters. The van der Waals surface area contributed by atoms with Crippen LogP contribution in [-0.4, -0.2) is 24.5 Å². The van der Waals surface area contributed by atoms with E-state index in [0.29, 0.717) is 18.8 Å². The van der Waals surface area contributed by atoms with E-state index in [2.05, 4.69) is 6.58 Å². The molecular weight excluding hydrogens is 184 g/mol. The van der Waals surface area contributed by atoms with Gasteiger partial charge in [0.05, 0.1) is 12.7 Å². The van der Waals surface area contributed by atoms with Crippen molar-refractivity contribution in [2.24, 2.45) is 0 Å². The minimum atomic E-state index is -0.541. The minimum absolute atomic E-state index is 0.0724. The van der Waals surface area contributed by atoms with Crippen LogP contribution in [0.15, 0.2) is 12.3 Å². The Morgan fingerprint density at radius 1 is 1.64 bits per heavy atom. The van der Waals surface area contributed by atoms with Crippen molar-refractivity contribution in [3.05, 3.63) is 12.3 Å². The second-order valence-electron chi connectivity index (χ2n) is 3.79. The summed E-state index contributed by atoms with van der Waals surface area (Å²) in [7, 11) is 0. The second-order valence-corrected chi connectivity index (χ2v) is 3.79. The van der Waals surface area contributed by atoms with E-state index in [1.807, 2.05) is 13.8 Å². The molecule has 0 aromatic carbocycles. The van der Waals surface area contributed by atoms with Crippen molar-refractivity contribution >= 4 is 5.97 Å². The van der Waals surface area contributed by atoms with Gasteiger partial charge in [0.2, 0.25) is 0 Å². The van der Waals surface area contributed by atoms with Crippen LogP contribution in [0.3, 0.4) is 0 Å². The van der Waals surface area contributed by atoms with Gasteiger partial charge in [0, 0.05) is 13.3 Å². The van der Waals surface area contributed by atoms with Crippen molar-refractivity contribution < 1.29 is 19.0 Å². The molecule has 0 amide bonds. The highest BCUT2D eigenvalue weighted by Gasteiger charge is 2.33. The summed E-state index contributed by atoms with van der Waals surface area (Å²) in [6, 6.07) is 0. The maximum absolute atomic E-state index is 10.6. The molecule has 0 aliphatic carbocycles. The maximum atomic E-state index is 10.6. The van der Waals surface area contributed by atoms with Crippen LogP contribution < -0.4 is 0 Å². The molecule has 80 valence electrons.